The van der Waals surface area contributed by atoms with Crippen LogP contribution in [-0.2, 0) is 6.42 Å². The number of aryl methyl sites for hydroxylation is 1. The fourth-order valence-electron chi connectivity index (χ4n) is 2.92. The lowest BCUT2D eigenvalue weighted by molar-refractivity contribution is 0.0949. The van der Waals surface area contributed by atoms with Crippen LogP contribution in [0, 0.1) is 0 Å². The predicted octanol–water partition coefficient (Wildman–Crippen LogP) is 4.65. The zero-order valence-electron chi connectivity index (χ0n) is 14.2. The molecular formula is C21H19N3OS. The number of amides is 1. The van der Waals surface area contributed by atoms with Gasteiger partial charge in [-0.15, -0.1) is 11.3 Å². The summed E-state index contributed by atoms with van der Waals surface area (Å²) in [7, 11) is 0. The summed E-state index contributed by atoms with van der Waals surface area (Å²) in [6.45, 7) is 0.646. The average Bonchev–Trinajstić information content (AvgIpc) is 3.32. The molecule has 5 heteroatoms. The van der Waals surface area contributed by atoms with E-state index in [1.807, 2.05) is 41.8 Å². The molecule has 2 aromatic heterocycles. The second-order valence-electron chi connectivity index (χ2n) is 6.15. The summed E-state index contributed by atoms with van der Waals surface area (Å²) in [6.07, 6.45) is 1.87. The summed E-state index contributed by atoms with van der Waals surface area (Å²) >= 11 is 1.48. The lowest BCUT2D eigenvalue weighted by atomic mass is 10.1. The Bertz CT molecular complexity index is 987. The Morgan fingerprint density at radius 1 is 1.08 bits per heavy atom. The zero-order valence-corrected chi connectivity index (χ0v) is 15.1. The van der Waals surface area contributed by atoms with E-state index < -0.39 is 0 Å². The van der Waals surface area contributed by atoms with Crippen LogP contribution in [0.15, 0.2) is 66.0 Å². The lowest BCUT2D eigenvalue weighted by Gasteiger charge is -2.03. The Hall–Kier alpha value is -2.92. The second kappa shape index (κ2) is 7.54. The van der Waals surface area contributed by atoms with Gasteiger partial charge in [-0.05, 0) is 30.5 Å². The summed E-state index contributed by atoms with van der Waals surface area (Å²) in [5.41, 5.74) is 3.78. The Balaban J connectivity index is 1.35. The van der Waals surface area contributed by atoms with Gasteiger partial charge in [0.15, 0.2) is 0 Å². The molecule has 2 N–H and O–H groups in total. The van der Waals surface area contributed by atoms with Crippen LogP contribution < -0.4 is 5.32 Å². The summed E-state index contributed by atoms with van der Waals surface area (Å²) in [5, 5.41) is 6.74. The van der Waals surface area contributed by atoms with Gasteiger partial charge in [-0.2, -0.15) is 0 Å². The molecule has 0 aliphatic heterocycles. The minimum absolute atomic E-state index is 0.114. The van der Waals surface area contributed by atoms with Crippen LogP contribution in [0.25, 0.3) is 21.6 Å². The molecule has 0 spiro atoms. The molecule has 26 heavy (non-hydrogen) atoms. The van der Waals surface area contributed by atoms with Crippen molar-refractivity contribution in [3.8, 4) is 10.7 Å². The average molecular weight is 361 g/mol. The zero-order chi connectivity index (χ0) is 17.8. The van der Waals surface area contributed by atoms with Gasteiger partial charge in [0.25, 0.3) is 5.91 Å². The number of nitrogens with zero attached hydrogens (tertiary/aromatic N) is 1. The van der Waals surface area contributed by atoms with Gasteiger partial charge in [0.1, 0.15) is 10.7 Å². The fourth-order valence-corrected chi connectivity index (χ4v) is 3.69. The number of aromatic nitrogens is 2. The largest absolute Gasteiger partial charge is 0.353 e. The van der Waals surface area contributed by atoms with Gasteiger partial charge >= 0.3 is 0 Å². The van der Waals surface area contributed by atoms with Crippen molar-refractivity contribution in [3.63, 3.8) is 0 Å². The number of thiazole rings is 1. The number of hydrogen-bond acceptors (Lipinski definition) is 3. The van der Waals surface area contributed by atoms with Crippen LogP contribution in [0.2, 0.25) is 0 Å². The first-order valence-corrected chi connectivity index (χ1v) is 9.53. The molecule has 0 bridgehead atoms. The van der Waals surface area contributed by atoms with Crippen LogP contribution in [0.5, 0.6) is 0 Å². The molecule has 0 atom stereocenters. The van der Waals surface area contributed by atoms with Crippen LogP contribution in [-0.4, -0.2) is 22.4 Å². The van der Waals surface area contributed by atoms with Crippen molar-refractivity contribution in [2.45, 2.75) is 12.8 Å². The van der Waals surface area contributed by atoms with Crippen molar-refractivity contribution in [2.75, 3.05) is 6.54 Å². The van der Waals surface area contributed by atoms with Crippen molar-refractivity contribution in [2.24, 2.45) is 0 Å². The number of H-pyrrole nitrogens is 1. The number of rotatable bonds is 6. The third kappa shape index (κ3) is 3.68. The quantitative estimate of drug-likeness (QED) is 0.491. The van der Waals surface area contributed by atoms with E-state index in [1.54, 1.807) is 0 Å². The first-order chi connectivity index (χ1) is 12.8. The van der Waals surface area contributed by atoms with E-state index in [9.17, 15) is 4.79 Å². The Morgan fingerprint density at radius 3 is 2.73 bits per heavy atom. The normalized spacial score (nSPS) is 10.9. The number of fused-ring (bicyclic) bond motifs is 1. The topological polar surface area (TPSA) is 57.8 Å². The van der Waals surface area contributed by atoms with Crippen LogP contribution in [0.1, 0.15) is 22.5 Å². The predicted molar refractivity (Wildman–Crippen MR) is 107 cm³/mol. The molecule has 2 heterocycles. The van der Waals surface area contributed by atoms with E-state index >= 15 is 0 Å². The van der Waals surface area contributed by atoms with Crippen LogP contribution in [0.4, 0.5) is 0 Å². The minimum Gasteiger partial charge on any atom is -0.353 e. The molecule has 0 aliphatic carbocycles. The molecule has 0 saturated heterocycles. The van der Waals surface area contributed by atoms with Crippen molar-refractivity contribution < 1.29 is 4.79 Å². The molecule has 0 fully saturated rings. The van der Waals surface area contributed by atoms with E-state index in [1.165, 1.54) is 16.9 Å². The number of hydrogen-bond donors (Lipinski definition) is 2. The molecule has 2 aromatic carbocycles. The minimum atomic E-state index is -0.114. The van der Waals surface area contributed by atoms with E-state index in [-0.39, 0.29) is 5.91 Å². The molecule has 4 nitrogen and oxygen atoms in total. The van der Waals surface area contributed by atoms with Gasteiger partial charge in [-0.25, -0.2) is 4.98 Å². The van der Waals surface area contributed by atoms with E-state index in [0.29, 0.717) is 12.2 Å². The molecule has 130 valence electrons. The Kier molecular flexibility index (Phi) is 4.80. The lowest BCUT2D eigenvalue weighted by Crippen LogP contribution is -2.25. The van der Waals surface area contributed by atoms with Gasteiger partial charge in [0.05, 0.1) is 5.69 Å². The Labute approximate surface area is 155 Å². The first-order valence-electron chi connectivity index (χ1n) is 8.65. The van der Waals surface area contributed by atoms with Crippen molar-refractivity contribution in [3.05, 3.63) is 77.3 Å². The monoisotopic (exact) mass is 361 g/mol. The maximum absolute atomic E-state index is 12.3. The summed E-state index contributed by atoms with van der Waals surface area (Å²) in [5.74, 6) is -0.114. The standard InChI is InChI=1S/C21H19N3OS/c25-20(22-12-6-9-15-7-2-1-3-8-15)19-14-26-21(24-19)18-13-16-10-4-5-11-17(16)23-18/h1-5,7-8,10-11,13-14,23H,6,9,12H2,(H,22,25). The van der Waals surface area contributed by atoms with E-state index in [0.717, 1.165) is 34.4 Å². The third-order valence-electron chi connectivity index (χ3n) is 4.27. The molecule has 4 aromatic rings. The van der Waals surface area contributed by atoms with Gasteiger partial charge in [0.2, 0.25) is 0 Å². The van der Waals surface area contributed by atoms with Gasteiger partial charge in [-0.1, -0.05) is 48.5 Å². The van der Waals surface area contributed by atoms with Crippen LogP contribution >= 0.6 is 11.3 Å². The fraction of sp³-hybridized carbons (Fsp3) is 0.143. The highest BCUT2D eigenvalue weighted by atomic mass is 32.1. The Morgan fingerprint density at radius 2 is 1.88 bits per heavy atom. The number of benzene rings is 2. The van der Waals surface area contributed by atoms with Gasteiger partial charge in [-0.3, -0.25) is 4.79 Å². The van der Waals surface area contributed by atoms with Crippen LogP contribution in [0.3, 0.4) is 0 Å². The van der Waals surface area contributed by atoms with E-state index in [2.05, 4.69) is 39.6 Å². The number of carbonyl (C=O) groups excluding carboxylic acids is 1. The van der Waals surface area contributed by atoms with Gasteiger partial charge in [0, 0.05) is 22.8 Å². The second-order valence-corrected chi connectivity index (χ2v) is 7.01. The number of carbonyl (C=O) groups is 1. The molecule has 0 radical (unpaired) electrons. The maximum Gasteiger partial charge on any atom is 0.270 e. The SMILES string of the molecule is O=C(NCCCc1ccccc1)c1csc(-c2cc3ccccc3[nH]2)n1. The van der Waals surface area contributed by atoms with Crippen molar-refractivity contribution >= 4 is 28.1 Å². The highest BCUT2D eigenvalue weighted by Crippen LogP contribution is 2.26. The molecule has 1 amide bonds. The van der Waals surface area contributed by atoms with E-state index in [4.69, 9.17) is 0 Å². The molecule has 0 unspecified atom stereocenters. The maximum atomic E-state index is 12.3. The first kappa shape index (κ1) is 16.5. The summed E-state index contributed by atoms with van der Waals surface area (Å²) in [6, 6.07) is 20.5. The number of para-hydroxylation sites is 1. The van der Waals surface area contributed by atoms with Crippen molar-refractivity contribution in [1.29, 1.82) is 0 Å². The number of aromatic amines is 1. The summed E-state index contributed by atoms with van der Waals surface area (Å²) < 4.78 is 0. The third-order valence-corrected chi connectivity index (χ3v) is 5.14. The number of nitrogens with one attached hydrogen (secondary N) is 2. The molecular weight excluding hydrogens is 342 g/mol. The van der Waals surface area contributed by atoms with Crippen molar-refractivity contribution in [1.82, 2.24) is 15.3 Å². The molecule has 4 rings (SSSR count). The smallest absolute Gasteiger partial charge is 0.270 e. The summed E-state index contributed by atoms with van der Waals surface area (Å²) in [4.78, 5) is 20.1. The molecule has 0 saturated carbocycles. The molecule has 0 aliphatic rings. The highest BCUT2D eigenvalue weighted by molar-refractivity contribution is 7.13. The van der Waals surface area contributed by atoms with Gasteiger partial charge < -0.3 is 10.3 Å². The highest BCUT2D eigenvalue weighted by Gasteiger charge is 2.13.